The smallest absolute Gasteiger partial charge is 0.233 e. The lowest BCUT2D eigenvalue weighted by Crippen LogP contribution is -2.53. The molecule has 0 N–H and O–H groups in total. The molecule has 5 rings (SSSR count). The maximum absolute atomic E-state index is 13.9. The van der Waals surface area contributed by atoms with Crippen LogP contribution in [0, 0.1) is 5.82 Å². The average molecular weight is 407 g/mol. The quantitative estimate of drug-likeness (QED) is 0.664. The Morgan fingerprint density at radius 2 is 1.83 bits per heavy atom. The van der Waals surface area contributed by atoms with Crippen LogP contribution in [-0.2, 0) is 16.8 Å². The number of rotatable bonds is 4. The van der Waals surface area contributed by atoms with E-state index in [1.165, 1.54) is 6.07 Å². The van der Waals surface area contributed by atoms with Gasteiger partial charge in [0.2, 0.25) is 5.91 Å². The van der Waals surface area contributed by atoms with Gasteiger partial charge in [-0.15, -0.1) is 0 Å². The van der Waals surface area contributed by atoms with E-state index in [1.54, 1.807) is 12.1 Å². The summed E-state index contributed by atoms with van der Waals surface area (Å²) in [5.41, 5.74) is 2.30. The first-order valence-corrected chi connectivity index (χ1v) is 10.8. The van der Waals surface area contributed by atoms with Gasteiger partial charge in [0.25, 0.3) is 0 Å². The van der Waals surface area contributed by atoms with E-state index in [1.807, 2.05) is 39.8 Å². The minimum atomic E-state index is -0.550. The first-order valence-electron chi connectivity index (χ1n) is 10.8. The van der Waals surface area contributed by atoms with E-state index in [0.717, 1.165) is 62.2 Å². The number of amides is 1. The highest BCUT2D eigenvalue weighted by atomic mass is 19.1. The molecule has 0 atom stereocenters. The van der Waals surface area contributed by atoms with Crippen molar-refractivity contribution in [3.8, 4) is 0 Å². The van der Waals surface area contributed by atoms with E-state index in [-0.39, 0.29) is 11.7 Å². The third kappa shape index (κ3) is 3.49. The van der Waals surface area contributed by atoms with Gasteiger partial charge in [0.15, 0.2) is 0 Å². The van der Waals surface area contributed by atoms with Crippen molar-refractivity contribution in [3.05, 3.63) is 71.9 Å². The highest BCUT2D eigenvalue weighted by molar-refractivity contribution is 5.88. The molecular formula is C24H27FN4O. The summed E-state index contributed by atoms with van der Waals surface area (Å²) in [5, 5.41) is 0. The average Bonchev–Trinajstić information content (AvgIpc) is 3.41. The third-order valence-corrected chi connectivity index (χ3v) is 6.70. The van der Waals surface area contributed by atoms with Crippen LogP contribution in [0.3, 0.4) is 0 Å². The van der Waals surface area contributed by atoms with Crippen molar-refractivity contribution in [2.24, 2.45) is 0 Å². The fourth-order valence-electron chi connectivity index (χ4n) is 5.09. The Hall–Kier alpha value is -2.73. The zero-order valence-corrected chi connectivity index (χ0v) is 17.1. The Labute approximate surface area is 176 Å². The fourth-order valence-corrected chi connectivity index (χ4v) is 5.09. The molecule has 1 amide bonds. The van der Waals surface area contributed by atoms with Gasteiger partial charge in [-0.25, -0.2) is 9.37 Å². The summed E-state index contributed by atoms with van der Waals surface area (Å²) in [6, 6.07) is 12.7. The van der Waals surface area contributed by atoms with Crippen molar-refractivity contribution in [1.82, 2.24) is 19.2 Å². The topological polar surface area (TPSA) is 40.9 Å². The van der Waals surface area contributed by atoms with Crippen molar-refractivity contribution in [3.63, 3.8) is 0 Å². The van der Waals surface area contributed by atoms with Crippen LogP contribution in [-0.4, -0.2) is 51.3 Å². The molecular weight excluding hydrogens is 379 g/mol. The summed E-state index contributed by atoms with van der Waals surface area (Å²) in [6.45, 7) is 3.88. The molecule has 3 heterocycles. The lowest BCUT2D eigenvalue weighted by molar-refractivity contribution is -0.139. The van der Waals surface area contributed by atoms with Gasteiger partial charge >= 0.3 is 0 Å². The van der Waals surface area contributed by atoms with Crippen molar-refractivity contribution in [2.45, 2.75) is 37.6 Å². The highest BCUT2D eigenvalue weighted by Gasteiger charge is 2.45. The van der Waals surface area contributed by atoms with Gasteiger partial charge in [-0.3, -0.25) is 9.69 Å². The summed E-state index contributed by atoms with van der Waals surface area (Å²) >= 11 is 0. The lowest BCUT2D eigenvalue weighted by Gasteiger charge is -2.40. The van der Waals surface area contributed by atoms with E-state index >= 15 is 0 Å². The van der Waals surface area contributed by atoms with E-state index in [9.17, 15) is 9.18 Å². The molecule has 0 unspecified atom stereocenters. The molecule has 1 aliphatic heterocycles. The number of carbonyl (C=O) groups is 1. The summed E-state index contributed by atoms with van der Waals surface area (Å²) in [6.07, 6.45) is 7.76. The number of benzene rings is 1. The molecule has 0 radical (unpaired) electrons. The molecule has 156 valence electrons. The number of halogens is 1. The number of piperazine rings is 1. The molecule has 1 aliphatic carbocycles. The second kappa shape index (κ2) is 7.84. The van der Waals surface area contributed by atoms with Gasteiger partial charge in [0.1, 0.15) is 11.5 Å². The third-order valence-electron chi connectivity index (χ3n) is 6.70. The SMILES string of the molecule is O=C(N1CCN(Cc2cn3ccccc3n2)CC1)C1(c2cccc(F)c2)CCCC1. The minimum Gasteiger partial charge on any atom is -0.339 e. The number of pyridine rings is 1. The van der Waals surface area contributed by atoms with Gasteiger partial charge in [0, 0.05) is 45.1 Å². The molecule has 1 aromatic carbocycles. The summed E-state index contributed by atoms with van der Waals surface area (Å²) in [7, 11) is 0. The molecule has 5 nitrogen and oxygen atoms in total. The Morgan fingerprint density at radius 3 is 2.57 bits per heavy atom. The lowest BCUT2D eigenvalue weighted by atomic mass is 9.77. The van der Waals surface area contributed by atoms with Gasteiger partial charge in [0.05, 0.1) is 11.1 Å². The minimum absolute atomic E-state index is 0.179. The van der Waals surface area contributed by atoms with Crippen LogP contribution in [0.25, 0.3) is 5.65 Å². The fraction of sp³-hybridized carbons (Fsp3) is 0.417. The monoisotopic (exact) mass is 406 g/mol. The van der Waals surface area contributed by atoms with Crippen molar-refractivity contribution >= 4 is 11.6 Å². The predicted molar refractivity (Wildman–Crippen MR) is 114 cm³/mol. The summed E-state index contributed by atoms with van der Waals surface area (Å²) < 4.78 is 15.9. The molecule has 1 saturated heterocycles. The van der Waals surface area contributed by atoms with Crippen molar-refractivity contribution in [1.29, 1.82) is 0 Å². The van der Waals surface area contributed by atoms with Crippen LogP contribution in [0.4, 0.5) is 4.39 Å². The summed E-state index contributed by atoms with van der Waals surface area (Å²) in [4.78, 5) is 22.6. The molecule has 3 aromatic rings. The Bertz CT molecular complexity index is 1020. The van der Waals surface area contributed by atoms with E-state index in [0.29, 0.717) is 13.1 Å². The first kappa shape index (κ1) is 19.2. The number of fused-ring (bicyclic) bond motifs is 1. The molecule has 2 aromatic heterocycles. The van der Waals surface area contributed by atoms with Crippen molar-refractivity contribution in [2.75, 3.05) is 26.2 Å². The number of carbonyl (C=O) groups excluding carboxylic acids is 1. The number of nitrogens with zero attached hydrogens (tertiary/aromatic N) is 4. The van der Waals surface area contributed by atoms with Crippen LogP contribution >= 0.6 is 0 Å². The van der Waals surface area contributed by atoms with E-state index in [2.05, 4.69) is 16.1 Å². The van der Waals surface area contributed by atoms with Gasteiger partial charge in [-0.05, 0) is 42.7 Å². The second-order valence-electron chi connectivity index (χ2n) is 8.57. The first-order chi connectivity index (χ1) is 14.6. The molecule has 0 spiro atoms. The Kier molecular flexibility index (Phi) is 5.03. The highest BCUT2D eigenvalue weighted by Crippen LogP contribution is 2.43. The zero-order valence-electron chi connectivity index (χ0n) is 17.1. The summed E-state index contributed by atoms with van der Waals surface area (Å²) in [5.74, 6) is -0.0816. The second-order valence-corrected chi connectivity index (χ2v) is 8.57. The van der Waals surface area contributed by atoms with Crippen LogP contribution in [0.2, 0.25) is 0 Å². The Morgan fingerprint density at radius 1 is 1.03 bits per heavy atom. The van der Waals surface area contributed by atoms with Crippen LogP contribution < -0.4 is 0 Å². The largest absolute Gasteiger partial charge is 0.339 e. The van der Waals surface area contributed by atoms with Gasteiger partial charge in [-0.1, -0.05) is 31.0 Å². The van der Waals surface area contributed by atoms with Crippen molar-refractivity contribution < 1.29 is 9.18 Å². The van der Waals surface area contributed by atoms with Crippen LogP contribution in [0.5, 0.6) is 0 Å². The predicted octanol–water partition coefficient (Wildman–Crippen LogP) is 3.63. The van der Waals surface area contributed by atoms with E-state index in [4.69, 9.17) is 0 Å². The Balaban J connectivity index is 1.26. The number of aromatic nitrogens is 2. The van der Waals surface area contributed by atoms with E-state index < -0.39 is 5.41 Å². The molecule has 30 heavy (non-hydrogen) atoms. The molecule has 2 aliphatic rings. The van der Waals surface area contributed by atoms with Crippen LogP contribution in [0.1, 0.15) is 36.9 Å². The van der Waals surface area contributed by atoms with Gasteiger partial charge in [-0.2, -0.15) is 0 Å². The standard InChI is InChI=1S/C24H27FN4O/c25-20-7-5-6-19(16-20)24(9-2-3-10-24)23(30)28-14-12-27(13-15-28)17-21-18-29-11-4-1-8-22(29)26-21/h1,4-8,11,16,18H,2-3,9-10,12-15,17H2. The number of hydrogen-bond donors (Lipinski definition) is 0. The number of hydrogen-bond acceptors (Lipinski definition) is 3. The van der Waals surface area contributed by atoms with Gasteiger partial charge < -0.3 is 9.30 Å². The molecule has 2 fully saturated rings. The molecule has 6 heteroatoms. The maximum Gasteiger partial charge on any atom is 0.233 e. The normalized spacial score (nSPS) is 19.4. The molecule has 1 saturated carbocycles. The zero-order chi connectivity index (χ0) is 20.6. The maximum atomic E-state index is 13.9. The van der Waals surface area contributed by atoms with Crippen LogP contribution in [0.15, 0.2) is 54.9 Å². The number of imidazole rings is 1. The molecule has 0 bridgehead atoms.